The van der Waals surface area contributed by atoms with Crippen molar-refractivity contribution in [2.45, 2.75) is 50.1 Å². The van der Waals surface area contributed by atoms with Crippen molar-refractivity contribution in [3.05, 3.63) is 23.3 Å². The van der Waals surface area contributed by atoms with Crippen molar-refractivity contribution in [2.24, 2.45) is 0 Å². The second kappa shape index (κ2) is 5.26. The van der Waals surface area contributed by atoms with Gasteiger partial charge in [-0.2, -0.15) is 0 Å². The Morgan fingerprint density at radius 1 is 1.19 bits per heavy atom. The lowest BCUT2D eigenvalue weighted by atomic mass is 10.1. The Kier molecular flexibility index (Phi) is 3.71. The van der Waals surface area contributed by atoms with Gasteiger partial charge in [-0.1, -0.05) is 12.1 Å². The van der Waals surface area contributed by atoms with Gasteiger partial charge in [-0.05, 0) is 44.2 Å². The van der Waals surface area contributed by atoms with Gasteiger partial charge in [0.25, 0.3) is 0 Å². The van der Waals surface area contributed by atoms with E-state index in [-0.39, 0.29) is 10.9 Å². The van der Waals surface area contributed by atoms with E-state index in [0.29, 0.717) is 17.3 Å². The Morgan fingerprint density at radius 2 is 1.86 bits per heavy atom. The lowest BCUT2D eigenvalue weighted by Gasteiger charge is -2.18. The van der Waals surface area contributed by atoms with Crippen molar-refractivity contribution < 1.29 is 8.42 Å². The van der Waals surface area contributed by atoms with Gasteiger partial charge in [0, 0.05) is 25.2 Å². The summed E-state index contributed by atoms with van der Waals surface area (Å²) < 4.78 is 28.2. The predicted molar refractivity (Wildman–Crippen MR) is 83.6 cm³/mol. The maximum absolute atomic E-state index is 12.7. The molecular weight excluding hydrogens is 286 g/mol. The van der Waals surface area contributed by atoms with E-state index in [0.717, 1.165) is 25.1 Å². The molecular formula is C15H23N3O2S. The summed E-state index contributed by atoms with van der Waals surface area (Å²) in [5.41, 5.74) is 7.86. The highest BCUT2D eigenvalue weighted by Gasteiger charge is 2.36. The van der Waals surface area contributed by atoms with Gasteiger partial charge in [-0.25, -0.2) is 13.1 Å². The maximum Gasteiger partial charge on any atom is 0.243 e. The van der Waals surface area contributed by atoms with Crippen molar-refractivity contribution in [3.8, 4) is 0 Å². The van der Waals surface area contributed by atoms with Crippen molar-refractivity contribution in [1.29, 1.82) is 0 Å². The molecule has 0 radical (unpaired) electrons. The van der Waals surface area contributed by atoms with Gasteiger partial charge in [0.05, 0.1) is 5.69 Å². The number of nitrogens with two attached hydrogens (primary N) is 1. The van der Waals surface area contributed by atoms with Crippen LogP contribution in [0.4, 0.5) is 5.69 Å². The van der Waals surface area contributed by atoms with E-state index in [1.807, 2.05) is 19.1 Å². The molecule has 1 aliphatic heterocycles. The van der Waals surface area contributed by atoms with Crippen LogP contribution >= 0.6 is 0 Å². The Hall–Kier alpha value is -1.11. The molecule has 3 N–H and O–H groups in total. The third-order valence-corrected chi connectivity index (χ3v) is 6.21. The lowest BCUT2D eigenvalue weighted by molar-refractivity contribution is 0.322. The first-order chi connectivity index (χ1) is 9.88. The molecule has 0 amide bonds. The molecule has 1 unspecified atom stereocenters. The Balaban J connectivity index is 1.80. The first kappa shape index (κ1) is 14.8. The van der Waals surface area contributed by atoms with Crippen molar-refractivity contribution >= 4 is 15.7 Å². The van der Waals surface area contributed by atoms with Crippen LogP contribution in [-0.4, -0.2) is 38.5 Å². The van der Waals surface area contributed by atoms with Crippen molar-refractivity contribution in [3.63, 3.8) is 0 Å². The highest BCUT2D eigenvalue weighted by Crippen LogP contribution is 2.31. The van der Waals surface area contributed by atoms with Crippen LogP contribution in [0.2, 0.25) is 0 Å². The minimum Gasteiger partial charge on any atom is -0.397 e. The maximum atomic E-state index is 12.7. The fourth-order valence-electron chi connectivity index (χ4n) is 3.10. The van der Waals surface area contributed by atoms with Gasteiger partial charge in [0.15, 0.2) is 0 Å². The predicted octanol–water partition coefficient (Wildman–Crippen LogP) is 1.40. The second-order valence-electron chi connectivity index (χ2n) is 6.28. The van der Waals surface area contributed by atoms with Crippen LogP contribution in [0.15, 0.2) is 17.0 Å². The van der Waals surface area contributed by atoms with E-state index in [2.05, 4.69) is 9.62 Å². The monoisotopic (exact) mass is 309 g/mol. The SMILES string of the molecule is Cc1ccc(C)c(S(=O)(=O)NC2CCN(C3CC3)C2)c1N. The zero-order valence-corrected chi connectivity index (χ0v) is 13.4. The average Bonchev–Trinajstić information content (AvgIpc) is 3.15. The van der Waals surface area contributed by atoms with Crippen molar-refractivity contribution in [1.82, 2.24) is 9.62 Å². The molecule has 1 saturated carbocycles. The molecule has 2 fully saturated rings. The molecule has 6 heteroatoms. The van der Waals surface area contributed by atoms with Crippen LogP contribution in [0.1, 0.15) is 30.4 Å². The summed E-state index contributed by atoms with van der Waals surface area (Å²) in [7, 11) is -3.56. The number of nitrogens with one attached hydrogen (secondary N) is 1. The molecule has 21 heavy (non-hydrogen) atoms. The summed E-state index contributed by atoms with van der Waals surface area (Å²) in [6.45, 7) is 5.42. The molecule has 0 aromatic heterocycles. The molecule has 3 rings (SSSR count). The molecule has 1 heterocycles. The van der Waals surface area contributed by atoms with Crippen LogP contribution in [0, 0.1) is 13.8 Å². The van der Waals surface area contributed by atoms with Crippen LogP contribution < -0.4 is 10.5 Å². The fraction of sp³-hybridized carbons (Fsp3) is 0.600. The molecule has 2 aliphatic rings. The molecule has 1 atom stereocenters. The fourth-order valence-corrected chi connectivity index (χ4v) is 4.79. The first-order valence-corrected chi connectivity index (χ1v) is 8.99. The van der Waals surface area contributed by atoms with E-state index in [1.165, 1.54) is 12.8 Å². The highest BCUT2D eigenvalue weighted by molar-refractivity contribution is 7.89. The zero-order chi connectivity index (χ0) is 15.2. The Labute approximate surface area is 126 Å². The number of hydrogen-bond donors (Lipinski definition) is 2. The first-order valence-electron chi connectivity index (χ1n) is 7.50. The third kappa shape index (κ3) is 2.93. The quantitative estimate of drug-likeness (QED) is 0.824. The van der Waals surface area contributed by atoms with Gasteiger partial charge in [-0.15, -0.1) is 0 Å². The summed E-state index contributed by atoms with van der Waals surface area (Å²) >= 11 is 0. The van der Waals surface area contributed by atoms with Crippen LogP contribution in [-0.2, 0) is 10.0 Å². The number of likely N-dealkylation sites (tertiary alicyclic amines) is 1. The summed E-state index contributed by atoms with van der Waals surface area (Å²) in [5.74, 6) is 0. The molecule has 116 valence electrons. The van der Waals surface area contributed by atoms with E-state index in [9.17, 15) is 8.42 Å². The summed E-state index contributed by atoms with van der Waals surface area (Å²) in [4.78, 5) is 2.63. The van der Waals surface area contributed by atoms with Crippen LogP contribution in [0.3, 0.4) is 0 Å². The van der Waals surface area contributed by atoms with Gasteiger partial charge in [-0.3, -0.25) is 4.90 Å². The van der Waals surface area contributed by atoms with E-state index in [1.54, 1.807) is 6.92 Å². The van der Waals surface area contributed by atoms with E-state index < -0.39 is 10.0 Å². The van der Waals surface area contributed by atoms with Gasteiger partial charge >= 0.3 is 0 Å². The molecule has 0 spiro atoms. The number of nitrogens with zero attached hydrogens (tertiary/aromatic N) is 1. The molecule has 5 nitrogen and oxygen atoms in total. The number of nitrogen functional groups attached to an aromatic ring is 1. The Bertz CT molecular complexity index is 653. The average molecular weight is 309 g/mol. The largest absolute Gasteiger partial charge is 0.397 e. The minimum absolute atomic E-state index is 0.00471. The summed E-state index contributed by atoms with van der Waals surface area (Å²) in [6.07, 6.45) is 3.38. The number of anilines is 1. The molecule has 1 aliphatic carbocycles. The van der Waals surface area contributed by atoms with Gasteiger partial charge in [0.2, 0.25) is 10.0 Å². The minimum atomic E-state index is -3.56. The molecule has 1 aromatic rings. The van der Waals surface area contributed by atoms with E-state index in [4.69, 9.17) is 5.73 Å². The number of hydrogen-bond acceptors (Lipinski definition) is 4. The van der Waals surface area contributed by atoms with Crippen LogP contribution in [0.25, 0.3) is 0 Å². The third-order valence-electron chi connectivity index (χ3n) is 4.48. The number of benzene rings is 1. The van der Waals surface area contributed by atoms with E-state index >= 15 is 0 Å². The number of rotatable bonds is 4. The number of sulfonamides is 1. The zero-order valence-electron chi connectivity index (χ0n) is 12.6. The highest BCUT2D eigenvalue weighted by atomic mass is 32.2. The topological polar surface area (TPSA) is 75.4 Å². The Morgan fingerprint density at radius 3 is 2.52 bits per heavy atom. The molecule has 1 aromatic carbocycles. The standard InChI is InChI=1S/C15H23N3O2S/c1-10-3-4-11(2)15(14(10)16)21(19,20)17-12-7-8-18(9-12)13-5-6-13/h3-4,12-13,17H,5-9,16H2,1-2H3. The molecule has 1 saturated heterocycles. The number of aryl methyl sites for hydroxylation is 2. The lowest BCUT2D eigenvalue weighted by Crippen LogP contribution is -2.38. The van der Waals surface area contributed by atoms with Gasteiger partial charge < -0.3 is 5.73 Å². The van der Waals surface area contributed by atoms with Crippen LogP contribution in [0.5, 0.6) is 0 Å². The smallest absolute Gasteiger partial charge is 0.243 e. The summed E-state index contributed by atoms with van der Waals surface area (Å²) in [5, 5.41) is 0. The molecule has 0 bridgehead atoms. The normalized spacial score (nSPS) is 23.6. The summed E-state index contributed by atoms with van der Waals surface area (Å²) in [6, 6.07) is 4.35. The second-order valence-corrected chi connectivity index (χ2v) is 7.93. The van der Waals surface area contributed by atoms with Crippen molar-refractivity contribution in [2.75, 3.05) is 18.8 Å². The van der Waals surface area contributed by atoms with Gasteiger partial charge in [0.1, 0.15) is 4.90 Å².